The van der Waals surface area contributed by atoms with Crippen LogP contribution in [0.4, 0.5) is 5.69 Å². The molecule has 0 aliphatic carbocycles. The molecule has 0 aliphatic rings. The highest BCUT2D eigenvalue weighted by Crippen LogP contribution is 2.28. The number of oxazole rings is 1. The van der Waals surface area contributed by atoms with Gasteiger partial charge >= 0.3 is 0 Å². The lowest BCUT2D eigenvalue weighted by Gasteiger charge is -2.13. The number of benzene rings is 1. The Bertz CT molecular complexity index is 535. The quantitative estimate of drug-likeness (QED) is 0.762. The normalized spacial score (nSPS) is 11.8. The van der Waals surface area contributed by atoms with Gasteiger partial charge in [0.25, 0.3) is 0 Å². The summed E-state index contributed by atoms with van der Waals surface area (Å²) in [4.78, 5) is 4.30. The molecule has 1 aromatic carbocycles. The average Bonchev–Trinajstić information content (AvgIpc) is 2.70. The van der Waals surface area contributed by atoms with Gasteiger partial charge in [-0.1, -0.05) is 26.8 Å². The summed E-state index contributed by atoms with van der Waals surface area (Å²) in [5, 5.41) is 0. The predicted octanol–water partition coefficient (Wildman–Crippen LogP) is 3.53. The van der Waals surface area contributed by atoms with E-state index in [1.807, 2.05) is 25.1 Å². The summed E-state index contributed by atoms with van der Waals surface area (Å²) < 4.78 is 5.76. The smallest absolute Gasteiger partial charge is 0.226 e. The maximum atomic E-state index is 5.88. The lowest BCUT2D eigenvalue weighted by molar-refractivity contribution is 0.416. The van der Waals surface area contributed by atoms with Crippen LogP contribution in [0.25, 0.3) is 11.5 Å². The lowest BCUT2D eigenvalue weighted by atomic mass is 9.94. The van der Waals surface area contributed by atoms with Gasteiger partial charge in [-0.2, -0.15) is 0 Å². The third kappa shape index (κ3) is 2.33. The molecule has 1 aromatic heterocycles. The van der Waals surface area contributed by atoms with E-state index in [1.54, 1.807) is 6.20 Å². The van der Waals surface area contributed by atoms with E-state index >= 15 is 0 Å². The standard InChI is InChI=1S/C14H18N2O/c1-9-5-6-10(7-11(9)15)13-16-8-12(17-13)14(2,3)4/h5-8H,15H2,1-4H3. The fourth-order valence-electron chi connectivity index (χ4n) is 1.53. The molecule has 2 rings (SSSR count). The highest BCUT2D eigenvalue weighted by atomic mass is 16.4. The molecule has 0 saturated heterocycles. The lowest BCUT2D eigenvalue weighted by Crippen LogP contribution is -2.09. The molecule has 0 amide bonds. The van der Waals surface area contributed by atoms with Crippen LogP contribution in [0.5, 0.6) is 0 Å². The molecule has 0 spiro atoms. The van der Waals surface area contributed by atoms with E-state index in [0.717, 1.165) is 22.6 Å². The number of hydrogen-bond acceptors (Lipinski definition) is 3. The van der Waals surface area contributed by atoms with Crippen molar-refractivity contribution in [1.29, 1.82) is 0 Å². The number of aryl methyl sites for hydroxylation is 1. The molecular weight excluding hydrogens is 212 g/mol. The molecule has 2 N–H and O–H groups in total. The Morgan fingerprint density at radius 3 is 2.47 bits per heavy atom. The molecular formula is C14H18N2O. The largest absolute Gasteiger partial charge is 0.441 e. The highest BCUT2D eigenvalue weighted by molar-refractivity contribution is 5.62. The molecule has 1 heterocycles. The fraction of sp³-hybridized carbons (Fsp3) is 0.357. The van der Waals surface area contributed by atoms with Crippen LogP contribution in [0.2, 0.25) is 0 Å². The van der Waals surface area contributed by atoms with Crippen LogP contribution in [0, 0.1) is 6.92 Å². The van der Waals surface area contributed by atoms with Gasteiger partial charge in [0.05, 0.1) is 6.20 Å². The van der Waals surface area contributed by atoms with Crippen molar-refractivity contribution in [2.24, 2.45) is 0 Å². The number of aromatic nitrogens is 1. The minimum absolute atomic E-state index is 0.0263. The van der Waals surface area contributed by atoms with Crippen molar-refractivity contribution >= 4 is 5.69 Å². The van der Waals surface area contributed by atoms with Crippen molar-refractivity contribution in [1.82, 2.24) is 4.98 Å². The highest BCUT2D eigenvalue weighted by Gasteiger charge is 2.19. The molecule has 17 heavy (non-hydrogen) atoms. The summed E-state index contributed by atoms with van der Waals surface area (Å²) in [5.74, 6) is 1.51. The minimum atomic E-state index is -0.0263. The first-order chi connectivity index (χ1) is 7.88. The Kier molecular flexibility index (Phi) is 2.69. The maximum absolute atomic E-state index is 5.88. The third-order valence-corrected chi connectivity index (χ3v) is 2.77. The Balaban J connectivity index is 2.40. The second-order valence-corrected chi connectivity index (χ2v) is 5.35. The van der Waals surface area contributed by atoms with E-state index in [1.165, 1.54) is 0 Å². The van der Waals surface area contributed by atoms with Crippen LogP contribution in [0.3, 0.4) is 0 Å². The molecule has 3 nitrogen and oxygen atoms in total. The van der Waals surface area contributed by atoms with Crippen LogP contribution < -0.4 is 5.73 Å². The van der Waals surface area contributed by atoms with Crippen LogP contribution >= 0.6 is 0 Å². The van der Waals surface area contributed by atoms with Crippen molar-refractivity contribution in [3.8, 4) is 11.5 Å². The van der Waals surface area contributed by atoms with Gasteiger partial charge in [0.15, 0.2) is 0 Å². The third-order valence-electron chi connectivity index (χ3n) is 2.77. The Morgan fingerprint density at radius 2 is 1.94 bits per heavy atom. The molecule has 90 valence electrons. The Labute approximate surface area is 102 Å². The minimum Gasteiger partial charge on any atom is -0.441 e. The summed E-state index contributed by atoms with van der Waals surface area (Å²) in [7, 11) is 0. The second kappa shape index (κ2) is 3.91. The zero-order valence-electron chi connectivity index (χ0n) is 10.7. The van der Waals surface area contributed by atoms with Crippen molar-refractivity contribution in [2.45, 2.75) is 33.1 Å². The zero-order chi connectivity index (χ0) is 12.6. The van der Waals surface area contributed by atoms with Gasteiger partial charge in [0.1, 0.15) is 5.76 Å². The maximum Gasteiger partial charge on any atom is 0.226 e. The SMILES string of the molecule is Cc1ccc(-c2ncc(C(C)(C)C)o2)cc1N. The number of hydrogen-bond donors (Lipinski definition) is 1. The fourth-order valence-corrected chi connectivity index (χ4v) is 1.53. The molecule has 0 unspecified atom stereocenters. The van der Waals surface area contributed by atoms with Gasteiger partial charge < -0.3 is 10.2 Å². The number of rotatable bonds is 1. The summed E-state index contributed by atoms with van der Waals surface area (Å²) in [6.45, 7) is 8.28. The number of anilines is 1. The second-order valence-electron chi connectivity index (χ2n) is 5.35. The Hall–Kier alpha value is -1.77. The van der Waals surface area contributed by atoms with Crippen molar-refractivity contribution in [2.75, 3.05) is 5.73 Å². The van der Waals surface area contributed by atoms with Gasteiger partial charge in [-0.05, 0) is 24.6 Å². The molecule has 2 aromatic rings. The van der Waals surface area contributed by atoms with E-state index in [0.29, 0.717) is 5.89 Å². The van der Waals surface area contributed by atoms with Crippen LogP contribution in [-0.2, 0) is 5.41 Å². The predicted molar refractivity (Wildman–Crippen MR) is 69.8 cm³/mol. The molecule has 0 aliphatic heterocycles. The molecule has 3 heteroatoms. The summed E-state index contributed by atoms with van der Waals surface area (Å²) in [5.41, 5.74) is 8.60. The van der Waals surface area contributed by atoms with E-state index in [2.05, 4.69) is 25.8 Å². The van der Waals surface area contributed by atoms with Crippen molar-refractivity contribution in [3.05, 3.63) is 35.7 Å². The number of nitrogens with two attached hydrogens (primary N) is 1. The van der Waals surface area contributed by atoms with Gasteiger partial charge in [-0.25, -0.2) is 4.98 Å². The molecule has 0 radical (unpaired) electrons. The number of nitrogens with zero attached hydrogens (tertiary/aromatic N) is 1. The van der Waals surface area contributed by atoms with Crippen LogP contribution in [-0.4, -0.2) is 4.98 Å². The van der Waals surface area contributed by atoms with E-state index in [4.69, 9.17) is 10.2 Å². The van der Waals surface area contributed by atoms with Crippen LogP contribution in [0.15, 0.2) is 28.8 Å². The number of nitrogen functional groups attached to an aromatic ring is 1. The van der Waals surface area contributed by atoms with E-state index < -0.39 is 0 Å². The molecule has 0 bridgehead atoms. The average molecular weight is 230 g/mol. The Morgan fingerprint density at radius 1 is 1.24 bits per heavy atom. The first-order valence-corrected chi connectivity index (χ1v) is 5.71. The molecule has 0 atom stereocenters. The first kappa shape index (κ1) is 11.7. The van der Waals surface area contributed by atoms with Gasteiger partial charge in [0, 0.05) is 16.7 Å². The van der Waals surface area contributed by atoms with Gasteiger partial charge in [-0.3, -0.25) is 0 Å². The topological polar surface area (TPSA) is 52.0 Å². The van der Waals surface area contributed by atoms with Crippen molar-refractivity contribution < 1.29 is 4.42 Å². The van der Waals surface area contributed by atoms with Crippen molar-refractivity contribution in [3.63, 3.8) is 0 Å². The van der Waals surface area contributed by atoms with E-state index in [9.17, 15) is 0 Å². The van der Waals surface area contributed by atoms with E-state index in [-0.39, 0.29) is 5.41 Å². The van der Waals surface area contributed by atoms with Gasteiger partial charge in [0.2, 0.25) is 5.89 Å². The molecule has 0 fully saturated rings. The molecule has 0 saturated carbocycles. The first-order valence-electron chi connectivity index (χ1n) is 5.71. The monoisotopic (exact) mass is 230 g/mol. The van der Waals surface area contributed by atoms with Crippen LogP contribution in [0.1, 0.15) is 32.1 Å². The van der Waals surface area contributed by atoms with Gasteiger partial charge in [-0.15, -0.1) is 0 Å². The zero-order valence-corrected chi connectivity index (χ0v) is 10.7. The summed E-state index contributed by atoms with van der Waals surface area (Å²) >= 11 is 0. The summed E-state index contributed by atoms with van der Waals surface area (Å²) in [6, 6.07) is 5.85. The summed E-state index contributed by atoms with van der Waals surface area (Å²) in [6.07, 6.45) is 1.78.